The Balaban J connectivity index is 2.72. The zero-order chi connectivity index (χ0) is 10.8. The molecule has 0 atom stereocenters. The van der Waals surface area contributed by atoms with Crippen molar-refractivity contribution >= 4 is 11.6 Å². The second-order valence-corrected chi connectivity index (χ2v) is 2.25. The average Bonchev–Trinajstić information content (AvgIpc) is 2.05. The molecule has 1 heterocycles. The van der Waals surface area contributed by atoms with Gasteiger partial charge >= 0.3 is 0 Å². The van der Waals surface area contributed by atoms with E-state index in [1.165, 1.54) is 0 Å². The van der Waals surface area contributed by atoms with Crippen molar-refractivity contribution in [2.45, 2.75) is 6.61 Å². The van der Waals surface area contributed by atoms with Crippen molar-refractivity contribution in [1.82, 2.24) is 4.98 Å². The monoisotopic (exact) mass is 178 g/mol. The third kappa shape index (κ3) is 2.13. The largest absolute Gasteiger partial charge is 0.380 e. The lowest BCUT2D eigenvalue weighted by Crippen LogP contribution is -1.92. The summed E-state index contributed by atoms with van der Waals surface area (Å²) in [7, 11) is -2.52. The lowest BCUT2D eigenvalue weighted by molar-refractivity contribution is 0.184. The first-order chi connectivity index (χ1) is 6.38. The molecular formula is C7H7ClFNO. The Morgan fingerprint density at radius 1 is 1.91 bits per heavy atom. The Kier molecular flexibility index (Phi) is 1.68. The number of rotatable bonds is 2. The number of ether oxygens (including phenoxy) is 1. The molecule has 0 aliphatic carbocycles. The molecule has 11 heavy (non-hydrogen) atoms. The molecule has 0 aliphatic rings. The molecule has 0 N–H and O–H groups in total. The SMILES string of the molecule is [2H]C([2H])([2H])OCc1cc(F)cnc1Cl. The van der Waals surface area contributed by atoms with Crippen molar-refractivity contribution in [3.63, 3.8) is 0 Å². The lowest BCUT2D eigenvalue weighted by atomic mass is 10.3. The predicted molar refractivity (Wildman–Crippen MR) is 39.9 cm³/mol. The molecule has 0 amide bonds. The molecule has 1 rings (SSSR count). The molecule has 4 heteroatoms. The molecule has 0 saturated heterocycles. The van der Waals surface area contributed by atoms with Crippen LogP contribution in [0.2, 0.25) is 5.15 Å². The van der Waals surface area contributed by atoms with Gasteiger partial charge in [-0.1, -0.05) is 11.6 Å². The summed E-state index contributed by atoms with van der Waals surface area (Å²) >= 11 is 5.58. The number of hydrogen-bond acceptors (Lipinski definition) is 2. The van der Waals surface area contributed by atoms with Crippen LogP contribution < -0.4 is 0 Å². The smallest absolute Gasteiger partial charge is 0.141 e. The van der Waals surface area contributed by atoms with Gasteiger partial charge in [-0.25, -0.2) is 9.37 Å². The van der Waals surface area contributed by atoms with Crippen molar-refractivity contribution in [2.24, 2.45) is 0 Å². The van der Waals surface area contributed by atoms with Crippen molar-refractivity contribution in [2.75, 3.05) is 7.04 Å². The molecular weight excluding hydrogens is 169 g/mol. The van der Waals surface area contributed by atoms with Gasteiger partial charge in [0, 0.05) is 12.6 Å². The Morgan fingerprint density at radius 3 is 3.45 bits per heavy atom. The van der Waals surface area contributed by atoms with Crippen LogP contribution in [0.15, 0.2) is 12.3 Å². The Labute approximate surface area is 73.2 Å². The van der Waals surface area contributed by atoms with Crippen LogP contribution in [0.5, 0.6) is 0 Å². The summed E-state index contributed by atoms with van der Waals surface area (Å²) in [5.41, 5.74) is 0.211. The first-order valence-electron chi connectivity index (χ1n) is 4.32. The molecule has 0 aliphatic heterocycles. The highest BCUT2D eigenvalue weighted by molar-refractivity contribution is 6.30. The zero-order valence-corrected chi connectivity index (χ0v) is 6.23. The second kappa shape index (κ2) is 3.64. The van der Waals surface area contributed by atoms with Gasteiger partial charge in [-0.2, -0.15) is 0 Å². The van der Waals surface area contributed by atoms with Gasteiger partial charge in [0.15, 0.2) is 0 Å². The lowest BCUT2D eigenvalue weighted by Gasteiger charge is -2.00. The number of methoxy groups -OCH3 is 1. The minimum Gasteiger partial charge on any atom is -0.380 e. The van der Waals surface area contributed by atoms with Crippen LogP contribution in [-0.2, 0) is 11.3 Å². The molecule has 0 aromatic carbocycles. The summed E-state index contributed by atoms with van der Waals surface area (Å²) in [5.74, 6) is -0.585. The Hall–Kier alpha value is -0.670. The maximum absolute atomic E-state index is 12.6. The summed E-state index contributed by atoms with van der Waals surface area (Å²) in [4.78, 5) is 3.51. The highest BCUT2D eigenvalue weighted by Gasteiger charge is 2.01. The topological polar surface area (TPSA) is 22.1 Å². The van der Waals surface area contributed by atoms with Crippen LogP contribution in [-0.4, -0.2) is 12.0 Å². The van der Waals surface area contributed by atoms with Gasteiger partial charge < -0.3 is 4.74 Å². The van der Waals surface area contributed by atoms with Gasteiger partial charge in [0.1, 0.15) is 11.0 Å². The van der Waals surface area contributed by atoms with Crippen LogP contribution >= 0.6 is 11.6 Å². The van der Waals surface area contributed by atoms with E-state index in [4.69, 9.17) is 15.7 Å². The molecule has 0 radical (unpaired) electrons. The van der Waals surface area contributed by atoms with Gasteiger partial charge in [-0.3, -0.25) is 0 Å². The fourth-order valence-corrected chi connectivity index (χ4v) is 0.801. The number of halogens is 2. The molecule has 60 valence electrons. The maximum atomic E-state index is 12.6. The minimum atomic E-state index is -2.52. The molecule has 1 aromatic rings. The third-order valence-corrected chi connectivity index (χ3v) is 1.45. The van der Waals surface area contributed by atoms with E-state index in [9.17, 15) is 4.39 Å². The zero-order valence-electron chi connectivity index (χ0n) is 8.47. The van der Waals surface area contributed by atoms with E-state index in [1.807, 2.05) is 0 Å². The van der Waals surface area contributed by atoms with Crippen molar-refractivity contribution in [3.05, 3.63) is 28.8 Å². The van der Waals surface area contributed by atoms with E-state index >= 15 is 0 Å². The first kappa shape index (κ1) is 5.06. The van der Waals surface area contributed by atoms with Crippen LogP contribution in [0.25, 0.3) is 0 Å². The molecule has 0 saturated carbocycles. The normalized spacial score (nSPS) is 15.3. The molecule has 1 aromatic heterocycles. The van der Waals surface area contributed by atoms with Crippen molar-refractivity contribution in [1.29, 1.82) is 0 Å². The third-order valence-electron chi connectivity index (χ3n) is 1.11. The van der Waals surface area contributed by atoms with E-state index in [-0.39, 0.29) is 17.3 Å². The maximum Gasteiger partial charge on any atom is 0.141 e. The van der Waals surface area contributed by atoms with Gasteiger partial charge in [0.25, 0.3) is 0 Å². The van der Waals surface area contributed by atoms with Crippen LogP contribution in [0.4, 0.5) is 4.39 Å². The molecule has 0 unspecified atom stereocenters. The first-order valence-corrected chi connectivity index (χ1v) is 3.20. The van der Waals surface area contributed by atoms with Gasteiger partial charge in [0.05, 0.1) is 16.9 Å². The summed E-state index contributed by atoms with van der Waals surface area (Å²) < 4.78 is 37.4. The van der Waals surface area contributed by atoms with Crippen LogP contribution in [0.1, 0.15) is 9.68 Å². The van der Waals surface area contributed by atoms with E-state index in [0.29, 0.717) is 0 Å². The molecule has 0 spiro atoms. The van der Waals surface area contributed by atoms with Gasteiger partial charge in [-0.15, -0.1) is 0 Å². The molecule has 0 bridgehead atoms. The van der Waals surface area contributed by atoms with Gasteiger partial charge in [-0.05, 0) is 6.07 Å². The average molecular weight is 179 g/mol. The number of hydrogen-bond donors (Lipinski definition) is 0. The van der Waals surface area contributed by atoms with E-state index in [1.54, 1.807) is 0 Å². The number of aromatic nitrogens is 1. The van der Waals surface area contributed by atoms with Crippen molar-refractivity contribution < 1.29 is 13.2 Å². The summed E-state index contributed by atoms with van der Waals surface area (Å²) in [6.07, 6.45) is 0.946. The highest BCUT2D eigenvalue weighted by Crippen LogP contribution is 2.13. The fraction of sp³-hybridized carbons (Fsp3) is 0.286. The number of nitrogens with zero attached hydrogens (tertiary/aromatic N) is 1. The Bertz CT molecular complexity index is 331. The molecule has 0 fully saturated rings. The summed E-state index contributed by atoms with van der Waals surface area (Å²) in [6.45, 7) is -0.292. The number of pyridine rings is 1. The van der Waals surface area contributed by atoms with E-state index in [2.05, 4.69) is 9.72 Å². The minimum absolute atomic E-state index is 0.0376. The standard InChI is InChI=1S/C7H7ClFNO/c1-11-4-5-2-6(9)3-10-7(5)8/h2-3H,4H2,1H3/i1D3. The van der Waals surface area contributed by atoms with Crippen LogP contribution in [0.3, 0.4) is 0 Å². The van der Waals surface area contributed by atoms with Crippen molar-refractivity contribution in [3.8, 4) is 0 Å². The fourth-order valence-electron chi connectivity index (χ4n) is 0.643. The molecule has 2 nitrogen and oxygen atoms in total. The van der Waals surface area contributed by atoms with Gasteiger partial charge in [0.2, 0.25) is 0 Å². The van der Waals surface area contributed by atoms with Crippen LogP contribution in [0, 0.1) is 5.82 Å². The Morgan fingerprint density at radius 2 is 2.73 bits per heavy atom. The second-order valence-electron chi connectivity index (χ2n) is 1.89. The quantitative estimate of drug-likeness (QED) is 0.647. The predicted octanol–water partition coefficient (Wildman–Crippen LogP) is 2.02. The summed E-state index contributed by atoms with van der Waals surface area (Å²) in [6, 6.07) is 1.08. The van der Waals surface area contributed by atoms with E-state index < -0.39 is 12.9 Å². The highest BCUT2D eigenvalue weighted by atomic mass is 35.5. The summed E-state index contributed by atoms with van der Waals surface area (Å²) in [5, 5.41) is 0.0376. The van der Waals surface area contributed by atoms with E-state index in [0.717, 1.165) is 12.3 Å².